The van der Waals surface area contributed by atoms with E-state index in [1.165, 1.54) is 32.1 Å². The Balaban J connectivity index is 2.07. The van der Waals surface area contributed by atoms with Crippen molar-refractivity contribution in [2.45, 2.75) is 65.0 Å². The van der Waals surface area contributed by atoms with Crippen molar-refractivity contribution in [1.82, 2.24) is 9.55 Å². The molecule has 1 unspecified atom stereocenters. The molecule has 1 aliphatic carbocycles. The molecule has 0 saturated heterocycles. The summed E-state index contributed by atoms with van der Waals surface area (Å²) >= 11 is 0. The molecule has 1 atom stereocenters. The minimum absolute atomic E-state index is 0.266. The Labute approximate surface area is 104 Å². The van der Waals surface area contributed by atoms with Crippen LogP contribution in [0, 0.1) is 5.41 Å². The van der Waals surface area contributed by atoms with E-state index in [0.29, 0.717) is 5.41 Å². The van der Waals surface area contributed by atoms with Gasteiger partial charge in [-0.25, -0.2) is 4.98 Å². The van der Waals surface area contributed by atoms with Crippen LogP contribution in [0.5, 0.6) is 0 Å². The first-order valence-electron chi connectivity index (χ1n) is 6.97. The first-order valence-corrected chi connectivity index (χ1v) is 6.97. The summed E-state index contributed by atoms with van der Waals surface area (Å²) < 4.78 is 2.21. The maximum Gasteiger partial charge on any atom is 0.110 e. The minimum Gasteiger partial charge on any atom is -0.335 e. The average Bonchev–Trinajstić information content (AvgIpc) is 2.97. The number of nitrogens with zero attached hydrogens (tertiary/aromatic N) is 2. The Bertz CT molecular complexity index is 350. The minimum atomic E-state index is 0.266. The Morgan fingerprint density at radius 2 is 2.12 bits per heavy atom. The van der Waals surface area contributed by atoms with E-state index in [1.54, 1.807) is 0 Å². The van der Waals surface area contributed by atoms with Crippen molar-refractivity contribution in [3.05, 3.63) is 18.2 Å². The summed E-state index contributed by atoms with van der Waals surface area (Å²) in [4.78, 5) is 4.45. The summed E-state index contributed by atoms with van der Waals surface area (Å²) in [5.41, 5.74) is 6.87. The third-order valence-corrected chi connectivity index (χ3v) is 4.63. The number of aryl methyl sites for hydroxylation is 1. The molecule has 3 heteroatoms. The van der Waals surface area contributed by atoms with Gasteiger partial charge in [0.1, 0.15) is 5.82 Å². The van der Waals surface area contributed by atoms with Crippen molar-refractivity contribution in [2.24, 2.45) is 11.1 Å². The lowest BCUT2D eigenvalue weighted by Gasteiger charge is -2.34. The van der Waals surface area contributed by atoms with Crippen LogP contribution in [-0.2, 0) is 13.0 Å². The van der Waals surface area contributed by atoms with Gasteiger partial charge < -0.3 is 10.3 Å². The molecule has 1 saturated carbocycles. The summed E-state index contributed by atoms with van der Waals surface area (Å²) in [5, 5.41) is 0. The standard InChI is InChI=1S/C14H25N3/c1-3-14(7-5-6-8-14)12(15)11-13-16-9-10-17(13)4-2/h9-10,12H,3-8,11,15H2,1-2H3. The lowest BCUT2D eigenvalue weighted by molar-refractivity contribution is 0.216. The Kier molecular flexibility index (Phi) is 3.87. The van der Waals surface area contributed by atoms with Crippen molar-refractivity contribution in [2.75, 3.05) is 0 Å². The number of hydrogen-bond donors (Lipinski definition) is 1. The monoisotopic (exact) mass is 235 g/mol. The predicted octanol–water partition coefficient (Wildman–Crippen LogP) is 2.74. The van der Waals surface area contributed by atoms with Crippen molar-refractivity contribution in [3.63, 3.8) is 0 Å². The van der Waals surface area contributed by atoms with Gasteiger partial charge in [0.25, 0.3) is 0 Å². The highest BCUT2D eigenvalue weighted by atomic mass is 15.1. The third kappa shape index (κ3) is 2.39. The van der Waals surface area contributed by atoms with Crippen molar-refractivity contribution >= 4 is 0 Å². The van der Waals surface area contributed by atoms with E-state index in [0.717, 1.165) is 18.8 Å². The van der Waals surface area contributed by atoms with Gasteiger partial charge in [0.2, 0.25) is 0 Å². The topological polar surface area (TPSA) is 43.8 Å². The predicted molar refractivity (Wildman–Crippen MR) is 70.8 cm³/mol. The molecule has 1 aromatic heterocycles. The lowest BCUT2D eigenvalue weighted by Crippen LogP contribution is -2.41. The molecule has 0 amide bonds. The van der Waals surface area contributed by atoms with Gasteiger partial charge >= 0.3 is 0 Å². The molecule has 1 aromatic rings. The molecular weight excluding hydrogens is 210 g/mol. The van der Waals surface area contributed by atoms with Crippen LogP contribution in [0.3, 0.4) is 0 Å². The molecule has 96 valence electrons. The zero-order chi connectivity index (χ0) is 12.3. The molecule has 1 fully saturated rings. The second kappa shape index (κ2) is 5.21. The van der Waals surface area contributed by atoms with Crippen LogP contribution in [0.25, 0.3) is 0 Å². The van der Waals surface area contributed by atoms with Crippen molar-refractivity contribution in [1.29, 1.82) is 0 Å². The zero-order valence-corrected chi connectivity index (χ0v) is 11.2. The van der Waals surface area contributed by atoms with E-state index in [9.17, 15) is 0 Å². The van der Waals surface area contributed by atoms with Crippen LogP contribution in [-0.4, -0.2) is 15.6 Å². The highest BCUT2D eigenvalue weighted by Gasteiger charge is 2.38. The molecule has 2 rings (SSSR count). The highest BCUT2D eigenvalue weighted by molar-refractivity contribution is 5.01. The normalized spacial score (nSPS) is 20.6. The van der Waals surface area contributed by atoms with Gasteiger partial charge in [-0.2, -0.15) is 0 Å². The zero-order valence-electron chi connectivity index (χ0n) is 11.2. The summed E-state index contributed by atoms with van der Waals surface area (Å²) in [5.74, 6) is 1.15. The largest absolute Gasteiger partial charge is 0.335 e. The molecule has 2 N–H and O–H groups in total. The van der Waals surface area contributed by atoms with Gasteiger partial charge in [0.05, 0.1) is 0 Å². The van der Waals surface area contributed by atoms with E-state index in [1.807, 2.05) is 6.20 Å². The van der Waals surface area contributed by atoms with E-state index in [4.69, 9.17) is 5.73 Å². The lowest BCUT2D eigenvalue weighted by atomic mass is 9.75. The van der Waals surface area contributed by atoms with Gasteiger partial charge in [-0.3, -0.25) is 0 Å². The van der Waals surface area contributed by atoms with Crippen LogP contribution in [0.15, 0.2) is 12.4 Å². The van der Waals surface area contributed by atoms with E-state index in [-0.39, 0.29) is 6.04 Å². The van der Waals surface area contributed by atoms with Crippen LogP contribution in [0.2, 0.25) is 0 Å². The van der Waals surface area contributed by atoms with Crippen LogP contribution in [0.1, 0.15) is 51.8 Å². The van der Waals surface area contributed by atoms with Gasteiger partial charge in [0, 0.05) is 31.4 Å². The fourth-order valence-corrected chi connectivity index (χ4v) is 3.30. The summed E-state index contributed by atoms with van der Waals surface area (Å²) in [6.45, 7) is 5.43. The van der Waals surface area contributed by atoms with Crippen LogP contribution >= 0.6 is 0 Å². The van der Waals surface area contributed by atoms with Crippen LogP contribution < -0.4 is 5.73 Å². The quantitative estimate of drug-likeness (QED) is 0.853. The molecule has 0 aliphatic heterocycles. The van der Waals surface area contributed by atoms with E-state index in [2.05, 4.69) is 29.6 Å². The van der Waals surface area contributed by atoms with Gasteiger partial charge in [-0.15, -0.1) is 0 Å². The number of hydrogen-bond acceptors (Lipinski definition) is 2. The molecule has 0 spiro atoms. The molecule has 0 radical (unpaired) electrons. The molecule has 3 nitrogen and oxygen atoms in total. The Morgan fingerprint density at radius 3 is 2.71 bits per heavy atom. The number of aromatic nitrogens is 2. The maximum absolute atomic E-state index is 6.49. The average molecular weight is 235 g/mol. The van der Waals surface area contributed by atoms with Crippen LogP contribution in [0.4, 0.5) is 0 Å². The van der Waals surface area contributed by atoms with Gasteiger partial charge in [0.15, 0.2) is 0 Å². The van der Waals surface area contributed by atoms with E-state index < -0.39 is 0 Å². The highest BCUT2D eigenvalue weighted by Crippen LogP contribution is 2.43. The molecular formula is C14H25N3. The SMILES string of the molecule is CCn1ccnc1CC(N)C1(CC)CCCC1. The second-order valence-corrected chi connectivity index (χ2v) is 5.36. The van der Waals surface area contributed by atoms with Gasteiger partial charge in [-0.05, 0) is 31.6 Å². The number of imidazole rings is 1. The Morgan fingerprint density at radius 1 is 1.41 bits per heavy atom. The summed E-state index contributed by atoms with van der Waals surface area (Å²) in [6.07, 6.45) is 11.4. The molecule has 17 heavy (non-hydrogen) atoms. The van der Waals surface area contributed by atoms with Gasteiger partial charge in [-0.1, -0.05) is 19.8 Å². The molecule has 1 heterocycles. The molecule has 0 aromatic carbocycles. The first kappa shape index (κ1) is 12.6. The third-order valence-electron chi connectivity index (χ3n) is 4.63. The fourth-order valence-electron chi connectivity index (χ4n) is 3.30. The fraction of sp³-hybridized carbons (Fsp3) is 0.786. The smallest absolute Gasteiger partial charge is 0.110 e. The Hall–Kier alpha value is -0.830. The first-order chi connectivity index (χ1) is 8.22. The van der Waals surface area contributed by atoms with E-state index >= 15 is 0 Å². The summed E-state index contributed by atoms with van der Waals surface area (Å²) in [6, 6.07) is 0.266. The van der Waals surface area contributed by atoms with Crippen molar-refractivity contribution < 1.29 is 0 Å². The maximum atomic E-state index is 6.49. The molecule has 0 bridgehead atoms. The van der Waals surface area contributed by atoms with Crippen molar-refractivity contribution in [3.8, 4) is 0 Å². The second-order valence-electron chi connectivity index (χ2n) is 5.36. The summed E-state index contributed by atoms with van der Waals surface area (Å²) in [7, 11) is 0. The number of rotatable bonds is 5. The number of nitrogens with two attached hydrogens (primary N) is 1. The molecule has 1 aliphatic rings.